The number of aliphatic hydroxyl groups excluding tert-OH is 1. The summed E-state index contributed by atoms with van der Waals surface area (Å²) in [5.74, 6) is 3.09. The summed E-state index contributed by atoms with van der Waals surface area (Å²) in [5.41, 5.74) is 5.37. The molecule has 0 saturated carbocycles. The third kappa shape index (κ3) is 9.55. The van der Waals surface area contributed by atoms with Crippen molar-refractivity contribution in [1.29, 1.82) is 0 Å². The number of carboxylic acids is 1. The molecule has 2 unspecified atom stereocenters. The molecule has 2 aliphatic heterocycles. The van der Waals surface area contributed by atoms with E-state index in [9.17, 15) is 58.0 Å². The zero-order valence-corrected chi connectivity index (χ0v) is 33.7. The van der Waals surface area contributed by atoms with E-state index >= 15 is 0 Å². The lowest BCUT2D eigenvalue weighted by molar-refractivity contribution is -0.0421. The van der Waals surface area contributed by atoms with Crippen molar-refractivity contribution >= 4 is 63.3 Å². The second kappa shape index (κ2) is 16.7. The van der Waals surface area contributed by atoms with Crippen molar-refractivity contribution in [2.75, 3.05) is 18.9 Å². The molecule has 1 amide bonds. The summed E-state index contributed by atoms with van der Waals surface area (Å²) in [6.45, 7) is -1.28. The van der Waals surface area contributed by atoms with Gasteiger partial charge in [-0.3, -0.25) is 23.9 Å². The van der Waals surface area contributed by atoms with Crippen LogP contribution in [0.5, 0.6) is 5.75 Å². The summed E-state index contributed by atoms with van der Waals surface area (Å²) in [7, 11) is -17.0. The average Bonchev–Trinajstić information content (AvgIpc) is 3.72. The van der Waals surface area contributed by atoms with Crippen molar-refractivity contribution in [3.63, 3.8) is 0 Å². The van der Waals surface area contributed by atoms with Gasteiger partial charge >= 0.3 is 29.4 Å². The molecule has 0 radical (unpaired) electrons. The summed E-state index contributed by atoms with van der Waals surface area (Å²) in [4.78, 5) is 94.2. The number of amides is 1. The molecule has 11 N–H and O–H groups in total. The van der Waals surface area contributed by atoms with E-state index in [1.807, 2.05) is 0 Å². The number of phenolic OH excluding ortho intramolecular Hbond substituents is 1. The third-order valence-corrected chi connectivity index (χ3v) is 12.9. The van der Waals surface area contributed by atoms with E-state index < -0.39 is 65.9 Å². The number of nitrogens with one attached hydrogen (secondary N) is 2. The number of aliphatic hydroxyl groups is 1. The number of H-pyrrole nitrogens is 1. The number of aromatic nitrogens is 3. The van der Waals surface area contributed by atoms with Gasteiger partial charge in [0.15, 0.2) is 11.1 Å². The Balaban J connectivity index is 1.11. The van der Waals surface area contributed by atoms with Crippen LogP contribution in [-0.2, 0) is 31.6 Å². The van der Waals surface area contributed by atoms with Gasteiger partial charge in [0.05, 0.1) is 35.8 Å². The van der Waals surface area contributed by atoms with Gasteiger partial charge in [0, 0.05) is 46.8 Å². The summed E-state index contributed by atoms with van der Waals surface area (Å²) < 4.78 is 59.6. The Kier molecular flexibility index (Phi) is 11.9. The highest BCUT2D eigenvalue weighted by Crippen LogP contribution is 2.66. The van der Waals surface area contributed by atoms with Crippen LogP contribution in [0.3, 0.4) is 0 Å². The average molecular weight is 918 g/mol. The number of nitrogen functional groups attached to an aromatic ring is 1. The highest BCUT2D eigenvalue weighted by atomic mass is 31.3. The normalized spacial score (nSPS) is 18.6. The molecule has 2 aromatic heterocycles. The van der Waals surface area contributed by atoms with Gasteiger partial charge in [0.25, 0.3) is 11.5 Å². The number of hydrogen-bond acceptors (Lipinski definition) is 16. The van der Waals surface area contributed by atoms with Crippen LogP contribution in [0.4, 0.5) is 5.95 Å². The number of fused-ring (bicyclic) bond motifs is 3. The molecule has 7 rings (SSSR count). The zero-order chi connectivity index (χ0) is 44.9. The van der Waals surface area contributed by atoms with E-state index in [1.165, 1.54) is 65.4 Å². The lowest BCUT2D eigenvalue weighted by Crippen LogP contribution is -2.26. The molecule has 4 aromatic rings. The number of ether oxygens (including phenoxy) is 1. The van der Waals surface area contributed by atoms with E-state index in [0.29, 0.717) is 16.5 Å². The van der Waals surface area contributed by atoms with Crippen molar-refractivity contribution in [2.45, 2.75) is 24.9 Å². The zero-order valence-electron chi connectivity index (χ0n) is 31.0. The maximum Gasteiger partial charge on any atom is 0.490 e. The van der Waals surface area contributed by atoms with Crippen LogP contribution in [-0.4, -0.2) is 86.7 Å². The lowest BCUT2D eigenvalue weighted by atomic mass is 9.89. The lowest BCUT2D eigenvalue weighted by Gasteiger charge is -2.19. The number of anilines is 1. The highest BCUT2D eigenvalue weighted by molar-refractivity contribution is 7.66. The van der Waals surface area contributed by atoms with E-state index in [1.54, 1.807) is 0 Å². The first-order valence-corrected chi connectivity index (χ1v) is 22.0. The molecule has 1 aliphatic carbocycles. The number of benzene rings is 3. The number of nitrogens with two attached hydrogens (primary N) is 1. The Labute approximate surface area is 344 Å². The van der Waals surface area contributed by atoms with Crippen molar-refractivity contribution in [3.8, 4) is 40.0 Å². The summed E-state index contributed by atoms with van der Waals surface area (Å²) in [6.07, 6.45) is -2.96. The Bertz CT molecular complexity index is 3110. The maximum atomic E-state index is 13.5. The first-order valence-electron chi connectivity index (χ1n) is 17.4. The summed E-state index contributed by atoms with van der Waals surface area (Å²) in [5, 5.41) is 33.8. The van der Waals surface area contributed by atoms with Crippen LogP contribution in [0, 0.1) is 11.8 Å². The standard InChI is InChI=1S/C35H30N5O19P3/c36-35-38-31-29(33(45)39-35)17(14-40(31)28-13-24(43)27(57-28)15-55-61(51,52)59-62(53,54)58-60(48,49)50)2-1-9-37-32(44)16-3-6-20(34(46)47)23(10-16)30-21-7-4-18(41)11-25(21)56-26-12-19(42)5-8-22(26)30/h3-8,10-12,14,24,27-28,41,43H,9,13,15H2,(H,37,44)(H,46,47)(H,51,52)(H,53,54)(H2,48,49,50)(H3,36,38,39,45)/t24-,27+,28+/m0/s1. The van der Waals surface area contributed by atoms with Gasteiger partial charge in [-0.2, -0.15) is 13.6 Å². The highest BCUT2D eigenvalue weighted by Gasteiger charge is 2.43. The minimum Gasteiger partial charge on any atom is -0.508 e. The third-order valence-electron chi connectivity index (χ3n) is 9.05. The molecule has 1 saturated heterocycles. The number of hydrogen-bond donors (Lipinski definition) is 10. The number of phosphoric ester groups is 1. The van der Waals surface area contributed by atoms with E-state index in [4.69, 9.17) is 24.7 Å². The number of carboxylic acid groups (broad SMARTS) is 1. The summed E-state index contributed by atoms with van der Waals surface area (Å²) >= 11 is 0. The topological polar surface area (TPSA) is 383 Å². The second-order valence-corrected chi connectivity index (χ2v) is 17.7. The van der Waals surface area contributed by atoms with Gasteiger partial charge in [0.2, 0.25) is 5.95 Å². The second-order valence-electron chi connectivity index (χ2n) is 13.3. The Morgan fingerprint density at radius 1 is 1.00 bits per heavy atom. The molecule has 5 atom stereocenters. The SMILES string of the molecule is Nc1nc2c(c(C#CCNC(=O)c3ccc(C(=O)O)c(-c4c5ccc(=O)cc-5oc5cc(O)ccc45)c3)cn2[C@H]2C[C@H](O)[C@@H](COP(=O)(O)OP(=O)(O)OP(=O)(O)O)O2)c(=O)[nH]1. The van der Waals surface area contributed by atoms with E-state index in [2.05, 4.69) is 40.3 Å². The monoisotopic (exact) mass is 917 g/mol. The molecule has 2 aromatic carbocycles. The van der Waals surface area contributed by atoms with Crippen LogP contribution in [0.25, 0.3) is 44.5 Å². The maximum absolute atomic E-state index is 13.5. The predicted octanol–water partition coefficient (Wildman–Crippen LogP) is 2.36. The fourth-order valence-corrected chi connectivity index (χ4v) is 9.62. The molecule has 324 valence electrons. The van der Waals surface area contributed by atoms with Gasteiger partial charge in [-0.1, -0.05) is 11.8 Å². The fraction of sp³-hybridized carbons (Fsp3) is 0.171. The number of carbonyl (C=O) groups is 2. The molecule has 1 fully saturated rings. The van der Waals surface area contributed by atoms with Gasteiger partial charge in [-0.25, -0.2) is 18.5 Å². The number of aromatic hydroxyl groups is 1. The Hall–Kier alpha value is -6.02. The van der Waals surface area contributed by atoms with E-state index in [-0.39, 0.29) is 74.7 Å². The number of rotatable bonds is 12. The number of nitrogens with zero attached hydrogens (tertiary/aromatic N) is 2. The summed E-state index contributed by atoms with van der Waals surface area (Å²) in [6, 6.07) is 12.0. The minimum atomic E-state index is -5.81. The molecule has 24 nitrogen and oxygen atoms in total. The molecule has 0 spiro atoms. The number of aromatic amines is 1. The van der Waals surface area contributed by atoms with Crippen molar-refractivity contribution in [1.82, 2.24) is 19.9 Å². The van der Waals surface area contributed by atoms with Crippen molar-refractivity contribution < 1.29 is 80.5 Å². The molecule has 3 aliphatic rings. The largest absolute Gasteiger partial charge is 0.508 e. The van der Waals surface area contributed by atoms with E-state index in [0.717, 1.165) is 0 Å². The van der Waals surface area contributed by atoms with Crippen molar-refractivity contribution in [3.05, 3.63) is 98.1 Å². The minimum absolute atomic E-state index is 0.0141. The quantitative estimate of drug-likeness (QED) is 0.0478. The molecule has 62 heavy (non-hydrogen) atoms. The van der Waals surface area contributed by atoms with Gasteiger partial charge in [0.1, 0.15) is 29.4 Å². The number of phenols is 1. The van der Waals surface area contributed by atoms with Gasteiger partial charge < -0.3 is 59.7 Å². The predicted molar refractivity (Wildman–Crippen MR) is 211 cm³/mol. The first-order chi connectivity index (χ1) is 29.1. The molecular formula is C35H30N5O19P3. The van der Waals surface area contributed by atoms with Crippen LogP contribution in [0.2, 0.25) is 0 Å². The fourth-order valence-electron chi connectivity index (χ4n) is 6.59. The Morgan fingerprint density at radius 3 is 2.48 bits per heavy atom. The number of carbonyl (C=O) groups excluding carboxylic acids is 1. The molecule has 27 heteroatoms. The number of aromatic carboxylic acids is 1. The smallest absolute Gasteiger partial charge is 0.490 e. The van der Waals surface area contributed by atoms with Gasteiger partial charge in [-0.05, 0) is 48.0 Å². The molecule has 0 bridgehead atoms. The van der Waals surface area contributed by atoms with Gasteiger partial charge in [-0.15, -0.1) is 0 Å². The van der Waals surface area contributed by atoms with Crippen LogP contribution < -0.4 is 22.0 Å². The van der Waals surface area contributed by atoms with Crippen LogP contribution in [0.15, 0.2) is 74.8 Å². The Morgan fingerprint density at radius 2 is 1.76 bits per heavy atom. The van der Waals surface area contributed by atoms with Crippen molar-refractivity contribution in [2.24, 2.45) is 0 Å². The van der Waals surface area contributed by atoms with Crippen LogP contribution >= 0.6 is 23.5 Å². The molecule has 4 heterocycles. The first kappa shape index (κ1) is 44.0. The number of phosphoric acid groups is 3. The molecular weight excluding hydrogens is 887 g/mol. The van der Waals surface area contributed by atoms with Crippen LogP contribution in [0.1, 0.15) is 38.9 Å².